The highest BCUT2D eigenvalue weighted by Crippen LogP contribution is 2.25. The van der Waals surface area contributed by atoms with E-state index in [0.717, 1.165) is 12.8 Å². The van der Waals surface area contributed by atoms with Gasteiger partial charge in [-0.15, -0.1) is 0 Å². The van der Waals surface area contributed by atoms with Crippen LogP contribution < -0.4 is 5.73 Å². The molecule has 68 valence electrons. The van der Waals surface area contributed by atoms with Gasteiger partial charge in [0.1, 0.15) is 0 Å². The third-order valence-electron chi connectivity index (χ3n) is 2.41. The van der Waals surface area contributed by atoms with Crippen LogP contribution in [0.3, 0.4) is 0 Å². The standard InChI is InChI=1S/C11H19N/c1-3-4-7-11(12)8-5-6-10(2)9-11/h5-6,8H,3-4,7,9,12H2,1-2H3. The molecule has 0 saturated heterocycles. The second-order valence-corrected chi connectivity index (χ2v) is 3.89. The lowest BCUT2D eigenvalue weighted by molar-refractivity contribution is 0.457. The van der Waals surface area contributed by atoms with E-state index in [9.17, 15) is 0 Å². The maximum atomic E-state index is 6.21. The Morgan fingerprint density at radius 2 is 2.33 bits per heavy atom. The van der Waals surface area contributed by atoms with Crippen molar-refractivity contribution in [3.05, 3.63) is 23.8 Å². The van der Waals surface area contributed by atoms with Crippen LogP contribution in [0.15, 0.2) is 23.8 Å². The smallest absolute Gasteiger partial charge is 0.0379 e. The summed E-state index contributed by atoms with van der Waals surface area (Å²) in [5, 5.41) is 0. The number of hydrogen-bond acceptors (Lipinski definition) is 1. The third kappa shape index (κ3) is 2.49. The minimum Gasteiger partial charge on any atom is -0.322 e. The molecule has 0 radical (unpaired) electrons. The summed E-state index contributed by atoms with van der Waals surface area (Å²) in [5.41, 5.74) is 7.56. The van der Waals surface area contributed by atoms with Gasteiger partial charge in [0.25, 0.3) is 0 Å². The van der Waals surface area contributed by atoms with Crippen LogP contribution >= 0.6 is 0 Å². The number of rotatable bonds is 3. The summed E-state index contributed by atoms with van der Waals surface area (Å²) in [4.78, 5) is 0. The Morgan fingerprint density at radius 1 is 1.58 bits per heavy atom. The van der Waals surface area contributed by atoms with Crippen molar-refractivity contribution >= 4 is 0 Å². The number of unbranched alkanes of at least 4 members (excludes halogenated alkanes) is 1. The molecule has 12 heavy (non-hydrogen) atoms. The van der Waals surface area contributed by atoms with E-state index in [1.54, 1.807) is 0 Å². The summed E-state index contributed by atoms with van der Waals surface area (Å²) < 4.78 is 0. The van der Waals surface area contributed by atoms with Gasteiger partial charge in [0.05, 0.1) is 0 Å². The summed E-state index contributed by atoms with van der Waals surface area (Å²) in [6.07, 6.45) is 11.0. The first-order chi connectivity index (χ1) is 5.66. The molecule has 0 bridgehead atoms. The van der Waals surface area contributed by atoms with Crippen LogP contribution in [0, 0.1) is 0 Å². The molecule has 1 rings (SSSR count). The fraction of sp³-hybridized carbons (Fsp3) is 0.636. The Balaban J connectivity index is 2.51. The SMILES string of the molecule is CCCCC1(N)C=CC=C(C)C1. The van der Waals surface area contributed by atoms with Crippen molar-refractivity contribution in [2.45, 2.75) is 45.1 Å². The number of hydrogen-bond donors (Lipinski definition) is 1. The summed E-state index contributed by atoms with van der Waals surface area (Å²) in [5.74, 6) is 0. The molecule has 0 spiro atoms. The van der Waals surface area contributed by atoms with Gasteiger partial charge in [-0.25, -0.2) is 0 Å². The van der Waals surface area contributed by atoms with Gasteiger partial charge in [0, 0.05) is 5.54 Å². The average Bonchev–Trinajstić information content (AvgIpc) is 2.01. The molecule has 0 amide bonds. The molecule has 1 heteroatoms. The minimum atomic E-state index is -0.0468. The highest BCUT2D eigenvalue weighted by molar-refractivity contribution is 5.25. The van der Waals surface area contributed by atoms with Gasteiger partial charge in [-0.3, -0.25) is 0 Å². The summed E-state index contributed by atoms with van der Waals surface area (Å²) in [6.45, 7) is 4.36. The molecule has 0 saturated carbocycles. The van der Waals surface area contributed by atoms with Gasteiger partial charge in [-0.2, -0.15) is 0 Å². The monoisotopic (exact) mass is 165 g/mol. The molecule has 0 aromatic carbocycles. The molecule has 1 aliphatic carbocycles. The Morgan fingerprint density at radius 3 is 2.92 bits per heavy atom. The lowest BCUT2D eigenvalue weighted by Crippen LogP contribution is -2.38. The molecule has 1 nitrogen and oxygen atoms in total. The molecule has 0 fully saturated rings. The molecule has 2 N–H and O–H groups in total. The fourth-order valence-electron chi connectivity index (χ4n) is 1.72. The Bertz CT molecular complexity index is 203. The maximum absolute atomic E-state index is 6.21. The van der Waals surface area contributed by atoms with Gasteiger partial charge in [-0.05, 0) is 19.8 Å². The molecule has 1 aliphatic rings. The molecule has 1 atom stereocenters. The first-order valence-corrected chi connectivity index (χ1v) is 4.80. The van der Waals surface area contributed by atoms with Crippen LogP contribution in [0.2, 0.25) is 0 Å². The van der Waals surface area contributed by atoms with Crippen molar-refractivity contribution in [3.8, 4) is 0 Å². The van der Waals surface area contributed by atoms with Crippen LogP contribution in [0.5, 0.6) is 0 Å². The van der Waals surface area contributed by atoms with E-state index in [1.165, 1.54) is 18.4 Å². The van der Waals surface area contributed by atoms with Crippen molar-refractivity contribution in [1.82, 2.24) is 0 Å². The van der Waals surface area contributed by atoms with Crippen LogP contribution in [-0.4, -0.2) is 5.54 Å². The van der Waals surface area contributed by atoms with Gasteiger partial charge in [-0.1, -0.05) is 43.6 Å². The normalized spacial score (nSPS) is 28.8. The average molecular weight is 165 g/mol. The van der Waals surface area contributed by atoms with Crippen LogP contribution in [0.25, 0.3) is 0 Å². The lowest BCUT2D eigenvalue weighted by Gasteiger charge is -2.28. The van der Waals surface area contributed by atoms with E-state index in [0.29, 0.717) is 0 Å². The minimum absolute atomic E-state index is 0.0468. The Kier molecular flexibility index (Phi) is 3.10. The first kappa shape index (κ1) is 9.53. The van der Waals surface area contributed by atoms with Crippen molar-refractivity contribution in [3.63, 3.8) is 0 Å². The van der Waals surface area contributed by atoms with Crippen molar-refractivity contribution in [2.24, 2.45) is 5.73 Å². The largest absolute Gasteiger partial charge is 0.322 e. The van der Waals surface area contributed by atoms with Crippen LogP contribution in [0.4, 0.5) is 0 Å². The van der Waals surface area contributed by atoms with Crippen LogP contribution in [0.1, 0.15) is 39.5 Å². The molecule has 0 aliphatic heterocycles. The summed E-state index contributed by atoms with van der Waals surface area (Å²) in [7, 11) is 0. The highest BCUT2D eigenvalue weighted by Gasteiger charge is 2.22. The van der Waals surface area contributed by atoms with Gasteiger partial charge < -0.3 is 5.73 Å². The van der Waals surface area contributed by atoms with E-state index in [4.69, 9.17) is 5.73 Å². The zero-order chi connectivity index (χ0) is 9.03. The van der Waals surface area contributed by atoms with E-state index < -0.39 is 0 Å². The quantitative estimate of drug-likeness (QED) is 0.683. The van der Waals surface area contributed by atoms with Gasteiger partial charge in [0.15, 0.2) is 0 Å². The maximum Gasteiger partial charge on any atom is 0.0379 e. The number of nitrogens with two attached hydrogens (primary N) is 1. The topological polar surface area (TPSA) is 26.0 Å². The van der Waals surface area contributed by atoms with Gasteiger partial charge >= 0.3 is 0 Å². The molecule has 0 aromatic rings. The van der Waals surface area contributed by atoms with Crippen molar-refractivity contribution in [2.75, 3.05) is 0 Å². The second kappa shape index (κ2) is 3.90. The van der Waals surface area contributed by atoms with Crippen LogP contribution in [-0.2, 0) is 0 Å². The molecule has 1 unspecified atom stereocenters. The molecular formula is C11H19N. The fourth-order valence-corrected chi connectivity index (χ4v) is 1.72. The molecule has 0 aromatic heterocycles. The zero-order valence-electron chi connectivity index (χ0n) is 8.14. The Labute approximate surface area is 75.3 Å². The van der Waals surface area contributed by atoms with Gasteiger partial charge in [0.2, 0.25) is 0 Å². The Hall–Kier alpha value is -0.560. The summed E-state index contributed by atoms with van der Waals surface area (Å²) in [6, 6.07) is 0. The predicted octanol–water partition coefficient (Wildman–Crippen LogP) is 2.78. The second-order valence-electron chi connectivity index (χ2n) is 3.89. The van der Waals surface area contributed by atoms with E-state index >= 15 is 0 Å². The lowest BCUT2D eigenvalue weighted by atomic mass is 9.84. The molecule has 0 heterocycles. The third-order valence-corrected chi connectivity index (χ3v) is 2.41. The highest BCUT2D eigenvalue weighted by atomic mass is 14.7. The zero-order valence-corrected chi connectivity index (χ0v) is 8.14. The van der Waals surface area contributed by atoms with Crippen molar-refractivity contribution in [1.29, 1.82) is 0 Å². The van der Waals surface area contributed by atoms with E-state index in [-0.39, 0.29) is 5.54 Å². The predicted molar refractivity (Wildman–Crippen MR) is 54.0 cm³/mol. The first-order valence-electron chi connectivity index (χ1n) is 4.80. The van der Waals surface area contributed by atoms with Crippen molar-refractivity contribution < 1.29 is 0 Å². The number of allylic oxidation sites excluding steroid dienone is 2. The summed E-state index contributed by atoms with van der Waals surface area (Å²) >= 11 is 0. The van der Waals surface area contributed by atoms with E-state index in [2.05, 4.69) is 32.1 Å². The van der Waals surface area contributed by atoms with E-state index in [1.807, 2.05) is 0 Å². The molecular weight excluding hydrogens is 146 g/mol.